The van der Waals surface area contributed by atoms with Gasteiger partial charge in [0.1, 0.15) is 0 Å². The first-order valence-corrected chi connectivity index (χ1v) is 7.21. The number of hydrogen-bond acceptors (Lipinski definition) is 4. The lowest BCUT2D eigenvalue weighted by Crippen LogP contribution is -2.39. The highest BCUT2D eigenvalue weighted by atomic mass is 127. The van der Waals surface area contributed by atoms with Crippen LogP contribution in [0.3, 0.4) is 0 Å². The highest BCUT2D eigenvalue weighted by Gasteiger charge is 2.24. The number of rotatable bonds is 4. The Hall–Kier alpha value is -0.430. The molecule has 0 aromatic carbocycles. The Morgan fingerprint density at radius 3 is 2.82 bits per heavy atom. The highest BCUT2D eigenvalue weighted by Crippen LogP contribution is 2.18. The Morgan fingerprint density at radius 2 is 2.18 bits per heavy atom. The van der Waals surface area contributed by atoms with Gasteiger partial charge in [-0.25, -0.2) is 9.97 Å². The number of hydrogen-bond donors (Lipinski definition) is 0. The first-order chi connectivity index (χ1) is 8.20. The minimum Gasteiger partial charge on any atom is -0.342 e. The molecule has 0 saturated carbocycles. The molecule has 2 heterocycles. The Balaban J connectivity index is 1.96. The summed E-state index contributed by atoms with van der Waals surface area (Å²) in [6, 6.07) is 0.660. The zero-order valence-corrected chi connectivity index (χ0v) is 12.6. The molecule has 1 aromatic heterocycles. The van der Waals surface area contributed by atoms with E-state index in [1.165, 1.54) is 19.4 Å². The van der Waals surface area contributed by atoms with Crippen molar-refractivity contribution in [3.05, 3.63) is 16.0 Å². The summed E-state index contributed by atoms with van der Waals surface area (Å²) in [7, 11) is 2.08. The molecule has 1 aliphatic rings. The largest absolute Gasteiger partial charge is 0.342 e. The lowest BCUT2D eigenvalue weighted by molar-refractivity contribution is 0.270. The fourth-order valence-corrected chi connectivity index (χ4v) is 2.70. The van der Waals surface area contributed by atoms with Gasteiger partial charge >= 0.3 is 0 Å². The molecule has 0 aliphatic carbocycles. The van der Waals surface area contributed by atoms with Gasteiger partial charge in [-0.05, 0) is 48.5 Å². The van der Waals surface area contributed by atoms with Crippen molar-refractivity contribution in [3.63, 3.8) is 0 Å². The molecular formula is C12H19IN4. The van der Waals surface area contributed by atoms with Gasteiger partial charge in [0.2, 0.25) is 5.95 Å². The van der Waals surface area contributed by atoms with Crippen LogP contribution in [0.25, 0.3) is 0 Å². The van der Waals surface area contributed by atoms with E-state index >= 15 is 0 Å². The van der Waals surface area contributed by atoms with E-state index in [1.54, 1.807) is 0 Å². The standard InChI is InChI=1S/C12H19IN4/c1-3-17-6-4-5-11(17)9-16(2)12-14-7-10(13)8-15-12/h7-8,11H,3-6,9H2,1-2H3. The smallest absolute Gasteiger partial charge is 0.225 e. The van der Waals surface area contributed by atoms with Crippen LogP contribution in [0.15, 0.2) is 12.4 Å². The van der Waals surface area contributed by atoms with Crippen molar-refractivity contribution in [2.24, 2.45) is 0 Å². The van der Waals surface area contributed by atoms with Crippen LogP contribution in [-0.4, -0.2) is 47.6 Å². The molecule has 1 unspecified atom stereocenters. The molecule has 1 saturated heterocycles. The van der Waals surface area contributed by atoms with E-state index < -0.39 is 0 Å². The normalized spacial score (nSPS) is 20.8. The number of anilines is 1. The Kier molecular flexibility index (Phi) is 4.55. The third-order valence-corrected chi connectivity index (χ3v) is 3.90. The van der Waals surface area contributed by atoms with E-state index in [9.17, 15) is 0 Å². The molecule has 0 spiro atoms. The maximum Gasteiger partial charge on any atom is 0.225 e. The Bertz CT molecular complexity index is 354. The van der Waals surface area contributed by atoms with Crippen LogP contribution < -0.4 is 4.90 Å². The summed E-state index contributed by atoms with van der Waals surface area (Å²) in [5.74, 6) is 0.827. The van der Waals surface area contributed by atoms with Crippen LogP contribution in [-0.2, 0) is 0 Å². The van der Waals surface area contributed by atoms with E-state index in [0.717, 1.165) is 22.6 Å². The minimum atomic E-state index is 0.660. The van der Waals surface area contributed by atoms with Gasteiger partial charge in [-0.3, -0.25) is 4.90 Å². The van der Waals surface area contributed by atoms with Crippen molar-refractivity contribution in [1.82, 2.24) is 14.9 Å². The highest BCUT2D eigenvalue weighted by molar-refractivity contribution is 14.1. The van der Waals surface area contributed by atoms with Crippen molar-refractivity contribution in [2.45, 2.75) is 25.8 Å². The van der Waals surface area contributed by atoms with E-state index in [4.69, 9.17) is 0 Å². The maximum absolute atomic E-state index is 4.36. The second-order valence-electron chi connectivity index (χ2n) is 4.51. The van der Waals surface area contributed by atoms with Gasteiger partial charge in [0.15, 0.2) is 0 Å². The van der Waals surface area contributed by atoms with Gasteiger partial charge in [-0.15, -0.1) is 0 Å². The molecule has 1 atom stereocenters. The number of nitrogens with zero attached hydrogens (tertiary/aromatic N) is 4. The molecule has 0 bridgehead atoms. The number of aromatic nitrogens is 2. The van der Waals surface area contributed by atoms with Crippen molar-refractivity contribution in [2.75, 3.05) is 31.6 Å². The third kappa shape index (κ3) is 3.28. The second kappa shape index (κ2) is 5.95. The third-order valence-electron chi connectivity index (χ3n) is 3.34. The van der Waals surface area contributed by atoms with Gasteiger partial charge in [-0.1, -0.05) is 6.92 Å². The topological polar surface area (TPSA) is 32.3 Å². The molecule has 0 radical (unpaired) electrons. The lowest BCUT2D eigenvalue weighted by atomic mass is 10.2. The number of halogens is 1. The Labute approximate surface area is 117 Å². The van der Waals surface area contributed by atoms with Crippen LogP contribution in [0.5, 0.6) is 0 Å². The van der Waals surface area contributed by atoms with Gasteiger partial charge in [-0.2, -0.15) is 0 Å². The summed E-state index contributed by atoms with van der Waals surface area (Å²) >= 11 is 2.23. The van der Waals surface area contributed by atoms with Gasteiger partial charge in [0, 0.05) is 35.6 Å². The molecule has 4 nitrogen and oxygen atoms in total. The van der Waals surface area contributed by atoms with Gasteiger partial charge in [0.25, 0.3) is 0 Å². The summed E-state index contributed by atoms with van der Waals surface area (Å²) in [5, 5.41) is 0. The number of likely N-dealkylation sites (tertiary alicyclic amines) is 1. The molecule has 5 heteroatoms. The molecule has 17 heavy (non-hydrogen) atoms. The molecule has 1 fully saturated rings. The fourth-order valence-electron chi connectivity index (χ4n) is 2.42. The summed E-state index contributed by atoms with van der Waals surface area (Å²) in [5.41, 5.74) is 0. The zero-order chi connectivity index (χ0) is 12.3. The molecule has 94 valence electrons. The monoisotopic (exact) mass is 346 g/mol. The first-order valence-electron chi connectivity index (χ1n) is 6.13. The number of likely N-dealkylation sites (N-methyl/N-ethyl adjacent to an activating group) is 2. The maximum atomic E-state index is 4.36. The van der Waals surface area contributed by atoms with Crippen molar-refractivity contribution in [3.8, 4) is 0 Å². The van der Waals surface area contributed by atoms with Crippen LogP contribution in [0.2, 0.25) is 0 Å². The molecule has 0 N–H and O–H groups in total. The van der Waals surface area contributed by atoms with E-state index in [1.807, 2.05) is 12.4 Å². The van der Waals surface area contributed by atoms with Crippen molar-refractivity contribution < 1.29 is 0 Å². The van der Waals surface area contributed by atoms with Crippen molar-refractivity contribution in [1.29, 1.82) is 0 Å². The predicted molar refractivity (Wildman–Crippen MR) is 78.3 cm³/mol. The van der Waals surface area contributed by atoms with Crippen LogP contribution in [0.1, 0.15) is 19.8 Å². The molecule has 0 amide bonds. The van der Waals surface area contributed by atoms with E-state index in [2.05, 4.69) is 56.3 Å². The minimum absolute atomic E-state index is 0.660. The first kappa shape index (κ1) is 13.0. The van der Waals surface area contributed by atoms with Crippen LogP contribution >= 0.6 is 22.6 Å². The fraction of sp³-hybridized carbons (Fsp3) is 0.667. The predicted octanol–water partition coefficient (Wildman–Crippen LogP) is 2.00. The molecular weight excluding hydrogens is 327 g/mol. The lowest BCUT2D eigenvalue weighted by Gasteiger charge is -2.27. The van der Waals surface area contributed by atoms with Crippen LogP contribution in [0, 0.1) is 3.57 Å². The van der Waals surface area contributed by atoms with E-state index in [0.29, 0.717) is 6.04 Å². The van der Waals surface area contributed by atoms with E-state index in [-0.39, 0.29) is 0 Å². The average Bonchev–Trinajstić information content (AvgIpc) is 2.77. The van der Waals surface area contributed by atoms with Gasteiger partial charge < -0.3 is 4.90 Å². The zero-order valence-electron chi connectivity index (χ0n) is 10.4. The van der Waals surface area contributed by atoms with Crippen LogP contribution in [0.4, 0.5) is 5.95 Å². The summed E-state index contributed by atoms with van der Waals surface area (Å²) in [4.78, 5) is 13.4. The average molecular weight is 346 g/mol. The molecule has 2 rings (SSSR count). The Morgan fingerprint density at radius 1 is 1.47 bits per heavy atom. The summed E-state index contributed by atoms with van der Waals surface area (Å²) in [6.07, 6.45) is 6.35. The second-order valence-corrected chi connectivity index (χ2v) is 5.75. The van der Waals surface area contributed by atoms with Crippen molar-refractivity contribution >= 4 is 28.5 Å². The molecule has 1 aliphatic heterocycles. The SMILES string of the molecule is CCN1CCCC1CN(C)c1ncc(I)cn1. The quantitative estimate of drug-likeness (QED) is 0.781. The summed E-state index contributed by atoms with van der Waals surface area (Å²) in [6.45, 7) is 5.64. The van der Waals surface area contributed by atoms with Gasteiger partial charge in [0.05, 0.1) is 0 Å². The summed E-state index contributed by atoms with van der Waals surface area (Å²) < 4.78 is 1.08. The molecule has 1 aromatic rings.